The number of amides is 1. The van der Waals surface area contributed by atoms with E-state index in [1.54, 1.807) is 24.3 Å². The van der Waals surface area contributed by atoms with Gasteiger partial charge in [0.2, 0.25) is 0 Å². The number of benzene rings is 2. The molecule has 0 saturated carbocycles. The van der Waals surface area contributed by atoms with E-state index < -0.39 is 17.2 Å². The number of aromatic nitrogens is 2. The van der Waals surface area contributed by atoms with Gasteiger partial charge in [-0.3, -0.25) is 14.2 Å². The average molecular weight is 321 g/mol. The summed E-state index contributed by atoms with van der Waals surface area (Å²) >= 11 is 0. The molecule has 0 aliphatic heterocycles. The zero-order valence-electron chi connectivity index (χ0n) is 12.7. The molecule has 120 valence electrons. The minimum Gasteiger partial charge on any atom is -0.322 e. The van der Waals surface area contributed by atoms with Crippen molar-refractivity contribution in [3.8, 4) is 0 Å². The number of H-pyrrole nitrogens is 1. The van der Waals surface area contributed by atoms with E-state index in [-0.39, 0.29) is 12.1 Å². The molecule has 6 nitrogen and oxygen atoms in total. The van der Waals surface area contributed by atoms with Gasteiger partial charge in [0.1, 0.15) is 5.56 Å². The molecule has 6 heteroatoms. The predicted molar refractivity (Wildman–Crippen MR) is 91.3 cm³/mol. The van der Waals surface area contributed by atoms with Gasteiger partial charge in [0.25, 0.3) is 11.5 Å². The molecule has 0 bridgehead atoms. The number of anilines is 1. The van der Waals surface area contributed by atoms with Crippen LogP contribution in [0.15, 0.2) is 76.4 Å². The molecule has 0 atom stereocenters. The Labute approximate surface area is 137 Å². The summed E-state index contributed by atoms with van der Waals surface area (Å²) in [7, 11) is 0. The van der Waals surface area contributed by atoms with Crippen LogP contribution in [0, 0.1) is 0 Å². The Morgan fingerprint density at radius 2 is 1.58 bits per heavy atom. The standard InChI is InChI=1S/C18H15N3O3/c22-16(20-14-9-5-2-6-10-14)15-11-19-18(24)21(17(15)23)12-13-7-3-1-4-8-13/h1-11H,12H2,(H,19,24)(H,20,22). The third kappa shape index (κ3) is 3.33. The fraction of sp³-hybridized carbons (Fsp3) is 0.0556. The van der Waals surface area contributed by atoms with Crippen LogP contribution in [-0.2, 0) is 6.54 Å². The number of nitrogens with one attached hydrogen (secondary N) is 2. The van der Waals surface area contributed by atoms with Crippen molar-refractivity contribution in [3.63, 3.8) is 0 Å². The van der Waals surface area contributed by atoms with E-state index >= 15 is 0 Å². The maximum absolute atomic E-state index is 12.5. The number of carbonyl (C=O) groups is 1. The molecule has 0 radical (unpaired) electrons. The molecule has 3 rings (SSSR count). The second-order valence-electron chi connectivity index (χ2n) is 5.20. The summed E-state index contributed by atoms with van der Waals surface area (Å²) in [6.45, 7) is 0.0987. The highest BCUT2D eigenvalue weighted by Gasteiger charge is 2.15. The first-order valence-corrected chi connectivity index (χ1v) is 7.38. The van der Waals surface area contributed by atoms with Crippen molar-refractivity contribution >= 4 is 11.6 Å². The van der Waals surface area contributed by atoms with Gasteiger partial charge in [0.15, 0.2) is 0 Å². The Hall–Kier alpha value is -3.41. The Morgan fingerprint density at radius 1 is 0.958 bits per heavy atom. The molecule has 1 heterocycles. The zero-order chi connectivity index (χ0) is 16.9. The van der Waals surface area contributed by atoms with Gasteiger partial charge < -0.3 is 10.3 Å². The maximum Gasteiger partial charge on any atom is 0.328 e. The van der Waals surface area contributed by atoms with Crippen LogP contribution in [0.5, 0.6) is 0 Å². The maximum atomic E-state index is 12.5. The van der Waals surface area contributed by atoms with E-state index in [1.807, 2.05) is 36.4 Å². The summed E-state index contributed by atoms with van der Waals surface area (Å²) in [5.74, 6) is -0.565. The molecule has 0 saturated heterocycles. The molecule has 0 unspecified atom stereocenters. The average Bonchev–Trinajstić information content (AvgIpc) is 2.60. The van der Waals surface area contributed by atoms with Crippen LogP contribution >= 0.6 is 0 Å². The lowest BCUT2D eigenvalue weighted by Gasteiger charge is -2.08. The zero-order valence-corrected chi connectivity index (χ0v) is 12.7. The first kappa shape index (κ1) is 15.5. The number of rotatable bonds is 4. The van der Waals surface area contributed by atoms with Crippen LogP contribution in [0.1, 0.15) is 15.9 Å². The molecule has 0 aliphatic carbocycles. The van der Waals surface area contributed by atoms with Crippen molar-refractivity contribution in [3.05, 3.63) is 98.8 Å². The SMILES string of the molecule is O=C(Nc1ccccc1)c1c[nH]c(=O)n(Cc2ccccc2)c1=O. The van der Waals surface area contributed by atoms with Crippen molar-refractivity contribution in [1.82, 2.24) is 9.55 Å². The number of nitrogens with zero attached hydrogens (tertiary/aromatic N) is 1. The van der Waals surface area contributed by atoms with Crippen molar-refractivity contribution in [1.29, 1.82) is 0 Å². The second-order valence-corrected chi connectivity index (χ2v) is 5.20. The van der Waals surface area contributed by atoms with Gasteiger partial charge in [0, 0.05) is 11.9 Å². The van der Waals surface area contributed by atoms with Gasteiger partial charge in [-0.25, -0.2) is 4.79 Å². The molecule has 1 amide bonds. The van der Waals surface area contributed by atoms with Crippen molar-refractivity contribution < 1.29 is 4.79 Å². The summed E-state index contributed by atoms with van der Waals surface area (Å²) < 4.78 is 1.01. The van der Waals surface area contributed by atoms with Gasteiger partial charge in [-0.1, -0.05) is 48.5 Å². The highest BCUT2D eigenvalue weighted by Crippen LogP contribution is 2.06. The molecule has 0 aliphatic rings. The highest BCUT2D eigenvalue weighted by atomic mass is 16.2. The molecule has 24 heavy (non-hydrogen) atoms. The lowest BCUT2D eigenvalue weighted by atomic mass is 10.2. The number of hydrogen-bond donors (Lipinski definition) is 2. The summed E-state index contributed by atoms with van der Waals surface area (Å²) in [6.07, 6.45) is 1.14. The topological polar surface area (TPSA) is 84.0 Å². The molecule has 2 N–H and O–H groups in total. The minimum atomic E-state index is -0.629. The van der Waals surface area contributed by atoms with Crippen LogP contribution in [0.3, 0.4) is 0 Å². The van der Waals surface area contributed by atoms with E-state index in [2.05, 4.69) is 10.3 Å². The Balaban J connectivity index is 1.93. The Bertz CT molecular complexity index is 960. The Morgan fingerprint density at radius 3 is 2.25 bits per heavy atom. The lowest BCUT2D eigenvalue weighted by molar-refractivity contribution is 0.102. The molecule has 2 aromatic carbocycles. The summed E-state index contributed by atoms with van der Waals surface area (Å²) in [5, 5.41) is 2.64. The van der Waals surface area contributed by atoms with Crippen molar-refractivity contribution in [2.24, 2.45) is 0 Å². The fourth-order valence-corrected chi connectivity index (χ4v) is 2.30. The fourth-order valence-electron chi connectivity index (χ4n) is 2.30. The molecule has 1 aromatic heterocycles. The highest BCUT2D eigenvalue weighted by molar-refractivity contribution is 6.03. The van der Waals surface area contributed by atoms with Crippen LogP contribution in [0.25, 0.3) is 0 Å². The predicted octanol–water partition coefficient (Wildman–Crippen LogP) is 1.84. The van der Waals surface area contributed by atoms with E-state index in [9.17, 15) is 14.4 Å². The largest absolute Gasteiger partial charge is 0.328 e. The van der Waals surface area contributed by atoms with Gasteiger partial charge in [0.05, 0.1) is 6.54 Å². The third-order valence-corrected chi connectivity index (χ3v) is 3.52. The first-order valence-electron chi connectivity index (χ1n) is 7.38. The van der Waals surface area contributed by atoms with E-state index in [0.29, 0.717) is 5.69 Å². The van der Waals surface area contributed by atoms with Gasteiger partial charge in [-0.05, 0) is 17.7 Å². The number of aromatic amines is 1. The van der Waals surface area contributed by atoms with Gasteiger partial charge in [-0.15, -0.1) is 0 Å². The summed E-state index contributed by atoms with van der Waals surface area (Å²) in [5.41, 5.74) is 0.0685. The van der Waals surface area contributed by atoms with Crippen LogP contribution in [0.4, 0.5) is 5.69 Å². The van der Waals surface area contributed by atoms with E-state index in [1.165, 1.54) is 0 Å². The van der Waals surface area contributed by atoms with Crippen LogP contribution in [-0.4, -0.2) is 15.5 Å². The first-order chi connectivity index (χ1) is 11.6. The van der Waals surface area contributed by atoms with Gasteiger partial charge >= 0.3 is 5.69 Å². The molecule has 0 fully saturated rings. The smallest absolute Gasteiger partial charge is 0.322 e. The quantitative estimate of drug-likeness (QED) is 0.769. The van der Waals surface area contributed by atoms with Crippen molar-refractivity contribution in [2.45, 2.75) is 6.54 Å². The number of para-hydroxylation sites is 1. The number of carbonyl (C=O) groups excluding carboxylic acids is 1. The third-order valence-electron chi connectivity index (χ3n) is 3.52. The van der Waals surface area contributed by atoms with Crippen molar-refractivity contribution in [2.75, 3.05) is 5.32 Å². The minimum absolute atomic E-state index is 0.0987. The molecular weight excluding hydrogens is 306 g/mol. The van der Waals surface area contributed by atoms with Crippen LogP contribution < -0.4 is 16.6 Å². The number of hydrogen-bond acceptors (Lipinski definition) is 3. The molecular formula is C18H15N3O3. The Kier molecular flexibility index (Phi) is 4.38. The second kappa shape index (κ2) is 6.78. The van der Waals surface area contributed by atoms with E-state index in [0.717, 1.165) is 16.3 Å². The summed E-state index contributed by atoms with van der Waals surface area (Å²) in [6, 6.07) is 17.9. The summed E-state index contributed by atoms with van der Waals surface area (Å²) in [4.78, 5) is 39.2. The normalized spacial score (nSPS) is 10.3. The molecule has 3 aromatic rings. The monoisotopic (exact) mass is 321 g/mol. The van der Waals surface area contributed by atoms with Gasteiger partial charge in [-0.2, -0.15) is 0 Å². The molecule has 0 spiro atoms. The van der Waals surface area contributed by atoms with E-state index in [4.69, 9.17) is 0 Å². The lowest BCUT2D eigenvalue weighted by Crippen LogP contribution is -2.39. The van der Waals surface area contributed by atoms with Crippen LogP contribution in [0.2, 0.25) is 0 Å².